The summed E-state index contributed by atoms with van der Waals surface area (Å²) in [6.45, 7) is 2.15. The first-order chi connectivity index (χ1) is 10.0. The molecular weight excluding hydrogens is 303 g/mol. The van der Waals surface area contributed by atoms with Crippen molar-refractivity contribution in [3.05, 3.63) is 63.1 Å². The maximum atomic E-state index is 6.10. The molecule has 110 valence electrons. The van der Waals surface area contributed by atoms with Gasteiger partial charge < -0.3 is 11.1 Å². The Morgan fingerprint density at radius 3 is 2.71 bits per heavy atom. The Balaban J connectivity index is 1.77. The van der Waals surface area contributed by atoms with E-state index >= 15 is 0 Å². The van der Waals surface area contributed by atoms with Crippen molar-refractivity contribution in [3.63, 3.8) is 0 Å². The number of nitrogens with one attached hydrogen (secondary N) is 1. The topological polar surface area (TPSA) is 38.0 Å². The van der Waals surface area contributed by atoms with E-state index in [1.807, 2.05) is 24.3 Å². The zero-order chi connectivity index (χ0) is 15.0. The van der Waals surface area contributed by atoms with Gasteiger partial charge in [-0.2, -0.15) is 0 Å². The number of halogens is 2. The van der Waals surface area contributed by atoms with Crippen molar-refractivity contribution >= 4 is 28.9 Å². The molecule has 3 N–H and O–H groups in total. The van der Waals surface area contributed by atoms with Crippen molar-refractivity contribution < 1.29 is 0 Å². The van der Waals surface area contributed by atoms with Crippen LogP contribution in [0.1, 0.15) is 42.1 Å². The SMILES string of the molecule is CC(NC1CCc2cc(N)ccc21)c1ccc(Cl)c(Cl)c1. The number of rotatable bonds is 3. The summed E-state index contributed by atoms with van der Waals surface area (Å²) in [6, 6.07) is 12.6. The normalized spacial score (nSPS) is 18.5. The lowest BCUT2D eigenvalue weighted by molar-refractivity contribution is 0.465. The van der Waals surface area contributed by atoms with Crippen molar-refractivity contribution in [1.29, 1.82) is 0 Å². The first-order valence-corrected chi connectivity index (χ1v) is 7.89. The number of hydrogen-bond acceptors (Lipinski definition) is 2. The second-order valence-electron chi connectivity index (χ2n) is 5.61. The second kappa shape index (κ2) is 5.88. The van der Waals surface area contributed by atoms with E-state index in [4.69, 9.17) is 28.9 Å². The highest BCUT2D eigenvalue weighted by Gasteiger charge is 2.24. The lowest BCUT2D eigenvalue weighted by Gasteiger charge is -2.21. The third-order valence-corrected chi connectivity index (χ3v) is 4.88. The van der Waals surface area contributed by atoms with E-state index in [1.54, 1.807) is 0 Å². The van der Waals surface area contributed by atoms with Crippen LogP contribution in [0, 0.1) is 0 Å². The van der Waals surface area contributed by atoms with Crippen molar-refractivity contribution in [3.8, 4) is 0 Å². The van der Waals surface area contributed by atoms with Gasteiger partial charge in [-0.25, -0.2) is 0 Å². The van der Waals surface area contributed by atoms with Gasteiger partial charge in [0, 0.05) is 17.8 Å². The molecule has 1 aliphatic carbocycles. The van der Waals surface area contributed by atoms with Crippen LogP contribution in [-0.4, -0.2) is 0 Å². The maximum absolute atomic E-state index is 6.10. The highest BCUT2D eigenvalue weighted by atomic mass is 35.5. The third-order valence-electron chi connectivity index (χ3n) is 4.14. The average molecular weight is 321 g/mol. The van der Waals surface area contributed by atoms with Crippen LogP contribution in [0.4, 0.5) is 5.69 Å². The molecule has 1 aliphatic rings. The van der Waals surface area contributed by atoms with Gasteiger partial charge in [-0.3, -0.25) is 0 Å². The molecule has 0 spiro atoms. The number of aryl methyl sites for hydroxylation is 1. The maximum Gasteiger partial charge on any atom is 0.0595 e. The summed E-state index contributed by atoms with van der Waals surface area (Å²) in [5.41, 5.74) is 10.6. The van der Waals surface area contributed by atoms with E-state index < -0.39 is 0 Å². The molecule has 2 atom stereocenters. The summed E-state index contributed by atoms with van der Waals surface area (Å²) < 4.78 is 0. The fourth-order valence-corrected chi connectivity index (χ4v) is 3.30. The Labute approximate surface area is 135 Å². The van der Waals surface area contributed by atoms with Gasteiger partial charge in [0.15, 0.2) is 0 Å². The van der Waals surface area contributed by atoms with Crippen molar-refractivity contribution in [2.75, 3.05) is 5.73 Å². The minimum Gasteiger partial charge on any atom is -0.399 e. The van der Waals surface area contributed by atoms with Crippen LogP contribution in [0.15, 0.2) is 36.4 Å². The van der Waals surface area contributed by atoms with E-state index in [0.717, 1.165) is 24.1 Å². The molecule has 0 radical (unpaired) electrons. The van der Waals surface area contributed by atoms with E-state index in [1.165, 1.54) is 11.1 Å². The molecule has 3 rings (SSSR count). The molecule has 0 amide bonds. The molecule has 4 heteroatoms. The molecule has 2 nitrogen and oxygen atoms in total. The fraction of sp³-hybridized carbons (Fsp3) is 0.294. The Hall–Kier alpha value is -1.22. The number of anilines is 1. The van der Waals surface area contributed by atoms with Gasteiger partial charge in [-0.15, -0.1) is 0 Å². The number of nitrogens with two attached hydrogens (primary N) is 1. The van der Waals surface area contributed by atoms with Gasteiger partial charge in [-0.05, 0) is 60.7 Å². The van der Waals surface area contributed by atoms with Crippen LogP contribution < -0.4 is 11.1 Å². The largest absolute Gasteiger partial charge is 0.399 e. The number of benzene rings is 2. The van der Waals surface area contributed by atoms with Crippen LogP contribution >= 0.6 is 23.2 Å². The van der Waals surface area contributed by atoms with Gasteiger partial charge in [0.1, 0.15) is 0 Å². The van der Waals surface area contributed by atoms with Crippen molar-refractivity contribution in [2.45, 2.75) is 31.8 Å². The van der Waals surface area contributed by atoms with Crippen molar-refractivity contribution in [1.82, 2.24) is 5.32 Å². The Morgan fingerprint density at radius 2 is 1.95 bits per heavy atom. The van der Waals surface area contributed by atoms with Crippen LogP contribution in [-0.2, 0) is 6.42 Å². The molecule has 0 heterocycles. The summed E-state index contributed by atoms with van der Waals surface area (Å²) in [6.07, 6.45) is 2.18. The standard InChI is InChI=1S/C17H18Cl2N2/c1-10(11-2-6-15(18)16(19)9-11)21-17-7-3-12-8-13(20)4-5-14(12)17/h2,4-6,8-10,17,21H,3,7,20H2,1H3. The van der Waals surface area contributed by atoms with Gasteiger partial charge in [0.25, 0.3) is 0 Å². The fourth-order valence-electron chi connectivity index (χ4n) is 2.99. The van der Waals surface area contributed by atoms with Crippen LogP contribution in [0.3, 0.4) is 0 Å². The summed E-state index contributed by atoms with van der Waals surface area (Å²) in [5, 5.41) is 4.87. The summed E-state index contributed by atoms with van der Waals surface area (Å²) >= 11 is 12.1. The Morgan fingerprint density at radius 1 is 1.14 bits per heavy atom. The van der Waals surface area contributed by atoms with Gasteiger partial charge >= 0.3 is 0 Å². The number of hydrogen-bond donors (Lipinski definition) is 2. The average Bonchev–Trinajstić information content (AvgIpc) is 2.84. The predicted octanol–water partition coefficient (Wildman–Crippen LogP) is 4.91. The monoisotopic (exact) mass is 320 g/mol. The smallest absolute Gasteiger partial charge is 0.0595 e. The molecule has 0 saturated carbocycles. The predicted molar refractivity (Wildman–Crippen MR) is 89.9 cm³/mol. The van der Waals surface area contributed by atoms with E-state index in [2.05, 4.69) is 24.4 Å². The van der Waals surface area contributed by atoms with E-state index in [0.29, 0.717) is 16.1 Å². The molecule has 2 aromatic rings. The second-order valence-corrected chi connectivity index (χ2v) is 6.43. The molecular formula is C17H18Cl2N2. The molecule has 0 aromatic heterocycles. The zero-order valence-electron chi connectivity index (χ0n) is 11.9. The molecule has 2 unspecified atom stereocenters. The lowest BCUT2D eigenvalue weighted by atomic mass is 10.0. The minimum atomic E-state index is 0.216. The van der Waals surface area contributed by atoms with Gasteiger partial charge in [-0.1, -0.05) is 35.3 Å². The minimum absolute atomic E-state index is 0.216. The Kier molecular flexibility index (Phi) is 4.12. The molecule has 0 fully saturated rings. The third kappa shape index (κ3) is 3.03. The zero-order valence-corrected chi connectivity index (χ0v) is 13.4. The summed E-state index contributed by atoms with van der Waals surface area (Å²) in [7, 11) is 0. The van der Waals surface area contributed by atoms with Crippen LogP contribution in [0.25, 0.3) is 0 Å². The summed E-state index contributed by atoms with van der Waals surface area (Å²) in [4.78, 5) is 0. The molecule has 0 bridgehead atoms. The van der Waals surface area contributed by atoms with E-state index in [9.17, 15) is 0 Å². The molecule has 0 saturated heterocycles. The first kappa shape index (κ1) is 14.7. The van der Waals surface area contributed by atoms with Gasteiger partial charge in [0.2, 0.25) is 0 Å². The molecule has 0 aliphatic heterocycles. The molecule has 2 aromatic carbocycles. The van der Waals surface area contributed by atoms with Gasteiger partial charge in [0.05, 0.1) is 10.0 Å². The lowest BCUT2D eigenvalue weighted by Crippen LogP contribution is -2.23. The summed E-state index contributed by atoms with van der Waals surface area (Å²) in [5.74, 6) is 0. The van der Waals surface area contributed by atoms with Crippen molar-refractivity contribution in [2.24, 2.45) is 0 Å². The van der Waals surface area contributed by atoms with E-state index in [-0.39, 0.29) is 6.04 Å². The highest BCUT2D eigenvalue weighted by Crippen LogP contribution is 2.34. The number of nitrogen functional groups attached to an aromatic ring is 1. The van der Waals surface area contributed by atoms with Crippen LogP contribution in [0.2, 0.25) is 10.0 Å². The Bertz CT molecular complexity index is 670. The highest BCUT2D eigenvalue weighted by molar-refractivity contribution is 6.42. The molecule has 21 heavy (non-hydrogen) atoms. The first-order valence-electron chi connectivity index (χ1n) is 7.14. The number of fused-ring (bicyclic) bond motifs is 1. The van der Waals surface area contributed by atoms with Crippen LogP contribution in [0.5, 0.6) is 0 Å². The quantitative estimate of drug-likeness (QED) is 0.788.